The monoisotopic (exact) mass is 407 g/mol. The highest BCUT2D eigenvalue weighted by atomic mass is 14.6. The van der Waals surface area contributed by atoms with E-state index < -0.39 is 0 Å². The molecule has 158 valence electrons. The third-order valence-electron chi connectivity index (χ3n) is 7.07. The maximum Gasteiger partial charge on any atom is 0.0400 e. The zero-order valence-corrected chi connectivity index (χ0v) is 18.7. The Kier molecular flexibility index (Phi) is 5.68. The first-order valence-corrected chi connectivity index (χ1v) is 12.2. The van der Waals surface area contributed by atoms with Crippen LogP contribution in [-0.2, 0) is 6.42 Å². The van der Waals surface area contributed by atoms with Gasteiger partial charge in [0, 0.05) is 11.1 Å². The van der Waals surface area contributed by atoms with E-state index in [9.17, 15) is 0 Å². The van der Waals surface area contributed by atoms with Crippen LogP contribution in [0.4, 0.5) is 5.69 Å². The lowest BCUT2D eigenvalue weighted by molar-refractivity contribution is 0.576. The first-order valence-electron chi connectivity index (χ1n) is 12.2. The van der Waals surface area contributed by atoms with E-state index in [1.165, 1.54) is 100 Å². The average Bonchev–Trinajstić information content (AvgIpc) is 2.80. The van der Waals surface area contributed by atoms with E-state index in [4.69, 9.17) is 5.73 Å². The summed E-state index contributed by atoms with van der Waals surface area (Å²) in [5.74, 6) is 0. The molecule has 0 fully saturated rings. The summed E-state index contributed by atoms with van der Waals surface area (Å²) in [5, 5.41) is 10.6. The zero-order chi connectivity index (χ0) is 21.2. The second-order valence-corrected chi connectivity index (χ2v) is 9.16. The molecule has 5 aromatic rings. The van der Waals surface area contributed by atoms with E-state index >= 15 is 0 Å². The van der Waals surface area contributed by atoms with Gasteiger partial charge in [0.1, 0.15) is 0 Å². The Hall–Kier alpha value is -2.80. The highest BCUT2D eigenvalue weighted by molar-refractivity contribution is 6.35. The molecule has 1 heteroatoms. The summed E-state index contributed by atoms with van der Waals surface area (Å²) in [4.78, 5) is 0. The molecule has 0 spiro atoms. The van der Waals surface area contributed by atoms with Crippen molar-refractivity contribution < 1.29 is 0 Å². The van der Waals surface area contributed by atoms with Crippen molar-refractivity contribution in [3.8, 4) is 0 Å². The summed E-state index contributed by atoms with van der Waals surface area (Å²) >= 11 is 0. The molecule has 0 atom stereocenters. The highest BCUT2D eigenvalue weighted by Crippen LogP contribution is 2.43. The van der Waals surface area contributed by atoms with E-state index in [1.54, 1.807) is 0 Å². The number of aryl methyl sites for hydroxylation is 1. The summed E-state index contributed by atoms with van der Waals surface area (Å²) in [6.07, 6.45) is 12.1. The molecule has 0 amide bonds. The van der Waals surface area contributed by atoms with Crippen molar-refractivity contribution in [2.75, 3.05) is 5.73 Å². The third kappa shape index (κ3) is 3.61. The topological polar surface area (TPSA) is 26.0 Å². The van der Waals surface area contributed by atoms with Gasteiger partial charge in [-0.1, -0.05) is 106 Å². The fourth-order valence-electron chi connectivity index (χ4n) is 5.48. The van der Waals surface area contributed by atoms with Gasteiger partial charge in [0.05, 0.1) is 0 Å². The minimum atomic E-state index is 0.881. The Balaban J connectivity index is 1.50. The van der Waals surface area contributed by atoms with Gasteiger partial charge in [0.25, 0.3) is 0 Å². The first kappa shape index (κ1) is 20.1. The van der Waals surface area contributed by atoms with Crippen molar-refractivity contribution in [2.45, 2.75) is 64.7 Å². The summed E-state index contributed by atoms with van der Waals surface area (Å²) in [7, 11) is 0. The normalized spacial score (nSPS) is 12.0. The molecule has 5 rings (SSSR count). The van der Waals surface area contributed by atoms with Gasteiger partial charge in [-0.2, -0.15) is 0 Å². The van der Waals surface area contributed by atoms with Crippen LogP contribution in [0.5, 0.6) is 0 Å². The minimum Gasteiger partial charge on any atom is -0.398 e. The molecule has 0 aromatic heterocycles. The molecule has 1 nitrogen and oxygen atoms in total. The summed E-state index contributed by atoms with van der Waals surface area (Å²) in [6.45, 7) is 2.29. The van der Waals surface area contributed by atoms with Crippen molar-refractivity contribution in [2.24, 2.45) is 0 Å². The number of nitrogens with two attached hydrogens (primary N) is 1. The van der Waals surface area contributed by atoms with Crippen molar-refractivity contribution in [3.05, 3.63) is 66.2 Å². The van der Waals surface area contributed by atoms with Crippen LogP contribution in [0.1, 0.15) is 63.9 Å². The smallest absolute Gasteiger partial charge is 0.0400 e. The Morgan fingerprint density at radius 1 is 0.548 bits per heavy atom. The number of hydrogen-bond donors (Lipinski definition) is 1. The molecule has 0 heterocycles. The van der Waals surface area contributed by atoms with Gasteiger partial charge < -0.3 is 5.73 Å². The van der Waals surface area contributed by atoms with E-state index in [-0.39, 0.29) is 0 Å². The fraction of sp³-hybridized carbons (Fsp3) is 0.333. The first-order chi connectivity index (χ1) is 15.3. The predicted molar refractivity (Wildman–Crippen MR) is 138 cm³/mol. The van der Waals surface area contributed by atoms with Crippen molar-refractivity contribution in [1.29, 1.82) is 0 Å². The molecule has 0 bridgehead atoms. The SMILES string of the molecule is CCCCCCCCCCc1ccc2c3cccc4ccc(N)c(c5cccc1c25)c43. The average molecular weight is 408 g/mol. The predicted octanol–water partition coefficient (Wildman–Crippen LogP) is 9.00. The lowest BCUT2D eigenvalue weighted by Crippen LogP contribution is -1.94. The molecule has 0 aliphatic heterocycles. The molecule has 0 aliphatic carbocycles. The molecule has 2 N–H and O–H groups in total. The number of benzene rings is 5. The van der Waals surface area contributed by atoms with Crippen LogP contribution in [0.2, 0.25) is 0 Å². The minimum absolute atomic E-state index is 0.881. The Labute approximate surface area is 185 Å². The van der Waals surface area contributed by atoms with Crippen LogP contribution in [0, 0.1) is 0 Å². The largest absolute Gasteiger partial charge is 0.398 e. The lowest BCUT2D eigenvalue weighted by Gasteiger charge is -2.17. The number of hydrogen-bond acceptors (Lipinski definition) is 1. The summed E-state index contributed by atoms with van der Waals surface area (Å²) in [5.41, 5.74) is 8.89. The summed E-state index contributed by atoms with van der Waals surface area (Å²) < 4.78 is 0. The van der Waals surface area contributed by atoms with Gasteiger partial charge in [0.2, 0.25) is 0 Å². The second kappa shape index (κ2) is 8.75. The quantitative estimate of drug-likeness (QED) is 0.112. The van der Waals surface area contributed by atoms with Crippen molar-refractivity contribution >= 4 is 48.8 Å². The van der Waals surface area contributed by atoms with Gasteiger partial charge in [-0.15, -0.1) is 0 Å². The fourth-order valence-corrected chi connectivity index (χ4v) is 5.48. The van der Waals surface area contributed by atoms with Crippen LogP contribution in [0.15, 0.2) is 60.7 Å². The van der Waals surface area contributed by atoms with Gasteiger partial charge in [-0.25, -0.2) is 0 Å². The number of fused-ring (bicyclic) bond motifs is 2. The van der Waals surface area contributed by atoms with E-state index in [1.807, 2.05) is 0 Å². The third-order valence-corrected chi connectivity index (χ3v) is 7.07. The van der Waals surface area contributed by atoms with Gasteiger partial charge >= 0.3 is 0 Å². The lowest BCUT2D eigenvalue weighted by atomic mass is 9.87. The molecule has 0 aliphatic rings. The van der Waals surface area contributed by atoms with Crippen LogP contribution in [-0.4, -0.2) is 0 Å². The molecule has 0 saturated carbocycles. The van der Waals surface area contributed by atoms with Crippen LogP contribution < -0.4 is 5.73 Å². The van der Waals surface area contributed by atoms with Crippen LogP contribution >= 0.6 is 0 Å². The van der Waals surface area contributed by atoms with Gasteiger partial charge in [0.15, 0.2) is 0 Å². The molecule has 0 unspecified atom stereocenters. The Morgan fingerprint density at radius 3 is 2.06 bits per heavy atom. The van der Waals surface area contributed by atoms with Crippen LogP contribution in [0.3, 0.4) is 0 Å². The van der Waals surface area contributed by atoms with Crippen molar-refractivity contribution in [3.63, 3.8) is 0 Å². The maximum absolute atomic E-state index is 6.53. The van der Waals surface area contributed by atoms with E-state index in [0.29, 0.717) is 0 Å². The maximum atomic E-state index is 6.53. The molecule has 5 aromatic carbocycles. The number of anilines is 1. The van der Waals surface area contributed by atoms with E-state index in [2.05, 4.69) is 67.6 Å². The van der Waals surface area contributed by atoms with Gasteiger partial charge in [-0.3, -0.25) is 0 Å². The Morgan fingerprint density at radius 2 is 1.23 bits per heavy atom. The van der Waals surface area contributed by atoms with Crippen LogP contribution in [0.25, 0.3) is 43.1 Å². The molecule has 0 saturated heterocycles. The standard InChI is InChI=1S/C30H33N/c1-2-3-4-5-6-7-8-9-12-21-17-19-25-24-15-10-13-22-18-20-27(31)30(28(22)24)26-16-11-14-23(21)29(25)26/h10-11,13-20H,2-9,12,31H2,1H3. The van der Waals surface area contributed by atoms with Crippen molar-refractivity contribution in [1.82, 2.24) is 0 Å². The molecule has 31 heavy (non-hydrogen) atoms. The zero-order valence-electron chi connectivity index (χ0n) is 18.7. The van der Waals surface area contributed by atoms with Gasteiger partial charge in [-0.05, 0) is 62.2 Å². The summed E-state index contributed by atoms with van der Waals surface area (Å²) in [6, 6.07) is 22.4. The molecule has 0 radical (unpaired) electrons. The molecular weight excluding hydrogens is 374 g/mol. The second-order valence-electron chi connectivity index (χ2n) is 9.16. The molecular formula is C30H33N. The number of unbranched alkanes of at least 4 members (excludes halogenated alkanes) is 7. The Bertz CT molecular complexity index is 1330. The van der Waals surface area contributed by atoms with E-state index in [0.717, 1.165) is 12.1 Å². The highest BCUT2D eigenvalue weighted by Gasteiger charge is 2.15. The number of nitrogen functional groups attached to an aromatic ring is 1. The number of rotatable bonds is 9.